The minimum atomic E-state index is 0.917. The molecule has 50 valence electrons. The van der Waals surface area contributed by atoms with Gasteiger partial charge in [-0.3, -0.25) is 0 Å². The maximum absolute atomic E-state index is 6.65. The predicted octanol–water partition coefficient (Wildman–Crippen LogP) is 1.15. The number of hydrogen-bond acceptors (Lipinski definition) is 2. The lowest BCUT2D eigenvalue weighted by Crippen LogP contribution is -2.07. The standard InChI is InChI=1S/C7H12N2/c8-4-1-5-9-6-7-2-3-7/h1,4-5,7-9H,2-3,6H2/b5-1-,8-4?. The summed E-state index contributed by atoms with van der Waals surface area (Å²) in [5, 5.41) is 9.77. The first-order valence-electron chi connectivity index (χ1n) is 3.32. The molecule has 1 fully saturated rings. The molecule has 0 atom stereocenters. The molecule has 2 N–H and O–H groups in total. The van der Waals surface area contributed by atoms with Crippen LogP contribution in [0, 0.1) is 11.3 Å². The van der Waals surface area contributed by atoms with Gasteiger partial charge in [-0.1, -0.05) is 0 Å². The molecule has 0 aromatic heterocycles. The van der Waals surface area contributed by atoms with E-state index >= 15 is 0 Å². The third kappa shape index (κ3) is 2.90. The Balaban J connectivity index is 1.91. The Hall–Kier alpha value is -0.790. The van der Waals surface area contributed by atoms with E-state index in [-0.39, 0.29) is 0 Å². The minimum absolute atomic E-state index is 0.917. The van der Waals surface area contributed by atoms with E-state index in [1.807, 2.05) is 6.20 Å². The van der Waals surface area contributed by atoms with Crippen LogP contribution in [0.2, 0.25) is 0 Å². The third-order valence-corrected chi connectivity index (χ3v) is 1.41. The Bertz CT molecular complexity index is 114. The highest BCUT2D eigenvalue weighted by atomic mass is 14.8. The highest BCUT2D eigenvalue weighted by molar-refractivity contribution is 5.67. The van der Waals surface area contributed by atoms with E-state index in [9.17, 15) is 0 Å². The topological polar surface area (TPSA) is 35.9 Å². The number of allylic oxidation sites excluding steroid dienone is 1. The molecule has 0 aromatic rings. The first-order valence-corrected chi connectivity index (χ1v) is 3.32. The summed E-state index contributed by atoms with van der Waals surface area (Å²) >= 11 is 0. The van der Waals surface area contributed by atoms with Crippen molar-refractivity contribution in [1.29, 1.82) is 5.41 Å². The van der Waals surface area contributed by atoms with Crippen LogP contribution in [0.3, 0.4) is 0 Å². The van der Waals surface area contributed by atoms with Gasteiger partial charge in [-0.05, 0) is 31.0 Å². The minimum Gasteiger partial charge on any atom is -0.391 e. The van der Waals surface area contributed by atoms with E-state index in [4.69, 9.17) is 5.41 Å². The summed E-state index contributed by atoms with van der Waals surface area (Å²) in [6, 6.07) is 0. The lowest BCUT2D eigenvalue weighted by atomic mass is 10.4. The summed E-state index contributed by atoms with van der Waals surface area (Å²) in [5.41, 5.74) is 0. The summed E-state index contributed by atoms with van der Waals surface area (Å²) in [6.07, 6.45) is 7.56. The molecular weight excluding hydrogens is 112 g/mol. The second kappa shape index (κ2) is 3.28. The van der Waals surface area contributed by atoms with Crippen LogP contribution in [-0.4, -0.2) is 12.8 Å². The molecule has 0 bridgehead atoms. The first kappa shape index (κ1) is 6.33. The van der Waals surface area contributed by atoms with Gasteiger partial charge in [0.05, 0.1) is 0 Å². The zero-order chi connectivity index (χ0) is 6.53. The SMILES string of the molecule is N=C/C=C\NCC1CC1. The van der Waals surface area contributed by atoms with E-state index in [0.29, 0.717) is 0 Å². The smallest absolute Gasteiger partial charge is 0.0192 e. The van der Waals surface area contributed by atoms with Crippen LogP contribution in [0.5, 0.6) is 0 Å². The highest BCUT2D eigenvalue weighted by Gasteiger charge is 2.19. The summed E-state index contributed by atoms with van der Waals surface area (Å²) in [5.74, 6) is 0.917. The van der Waals surface area contributed by atoms with Crippen molar-refractivity contribution in [3.63, 3.8) is 0 Å². The van der Waals surface area contributed by atoms with Gasteiger partial charge in [-0.2, -0.15) is 0 Å². The van der Waals surface area contributed by atoms with Gasteiger partial charge in [-0.25, -0.2) is 0 Å². The molecule has 1 rings (SSSR count). The summed E-state index contributed by atoms with van der Waals surface area (Å²) in [4.78, 5) is 0. The van der Waals surface area contributed by atoms with Crippen molar-refractivity contribution >= 4 is 6.21 Å². The van der Waals surface area contributed by atoms with Crippen molar-refractivity contribution in [2.45, 2.75) is 12.8 Å². The van der Waals surface area contributed by atoms with E-state index in [0.717, 1.165) is 12.5 Å². The second-order valence-corrected chi connectivity index (χ2v) is 2.38. The van der Waals surface area contributed by atoms with Crippen LogP contribution in [-0.2, 0) is 0 Å². The first-order chi connectivity index (χ1) is 4.43. The van der Waals surface area contributed by atoms with Gasteiger partial charge in [0.25, 0.3) is 0 Å². The van der Waals surface area contributed by atoms with Crippen LogP contribution in [0.4, 0.5) is 0 Å². The fourth-order valence-electron chi connectivity index (χ4n) is 0.673. The normalized spacial score (nSPS) is 18.2. The summed E-state index contributed by atoms with van der Waals surface area (Å²) < 4.78 is 0. The van der Waals surface area contributed by atoms with Crippen molar-refractivity contribution in [2.75, 3.05) is 6.54 Å². The predicted molar refractivity (Wildman–Crippen MR) is 38.7 cm³/mol. The molecule has 2 heteroatoms. The van der Waals surface area contributed by atoms with Crippen LogP contribution in [0.1, 0.15) is 12.8 Å². The lowest BCUT2D eigenvalue weighted by molar-refractivity contribution is 0.748. The second-order valence-electron chi connectivity index (χ2n) is 2.38. The van der Waals surface area contributed by atoms with Gasteiger partial charge in [0.2, 0.25) is 0 Å². The van der Waals surface area contributed by atoms with Gasteiger partial charge >= 0.3 is 0 Å². The highest BCUT2D eigenvalue weighted by Crippen LogP contribution is 2.27. The molecule has 9 heavy (non-hydrogen) atoms. The maximum atomic E-state index is 6.65. The average Bonchev–Trinajstić information content (AvgIpc) is 2.63. The van der Waals surface area contributed by atoms with Crippen LogP contribution >= 0.6 is 0 Å². The summed E-state index contributed by atoms with van der Waals surface area (Å²) in [7, 11) is 0. The number of hydrogen-bond donors (Lipinski definition) is 2. The Kier molecular flexibility index (Phi) is 2.31. The van der Waals surface area contributed by atoms with Gasteiger partial charge in [0.1, 0.15) is 0 Å². The van der Waals surface area contributed by atoms with Gasteiger partial charge in [0.15, 0.2) is 0 Å². The molecular formula is C7H12N2. The lowest BCUT2D eigenvalue weighted by Gasteiger charge is -1.93. The van der Waals surface area contributed by atoms with Crippen LogP contribution < -0.4 is 5.32 Å². The van der Waals surface area contributed by atoms with Gasteiger partial charge in [0, 0.05) is 12.8 Å². The van der Waals surface area contributed by atoms with Gasteiger partial charge < -0.3 is 10.7 Å². The Morgan fingerprint density at radius 1 is 1.56 bits per heavy atom. The van der Waals surface area contributed by atoms with E-state index in [2.05, 4.69) is 5.32 Å². The number of nitrogens with one attached hydrogen (secondary N) is 2. The number of rotatable bonds is 4. The van der Waals surface area contributed by atoms with Crippen LogP contribution in [0.15, 0.2) is 12.3 Å². The molecule has 0 heterocycles. The third-order valence-electron chi connectivity index (χ3n) is 1.41. The Morgan fingerprint density at radius 2 is 2.33 bits per heavy atom. The molecule has 1 aliphatic carbocycles. The van der Waals surface area contributed by atoms with Crippen molar-refractivity contribution in [3.05, 3.63) is 12.3 Å². The van der Waals surface area contributed by atoms with E-state index in [1.165, 1.54) is 19.1 Å². The monoisotopic (exact) mass is 124 g/mol. The van der Waals surface area contributed by atoms with E-state index in [1.54, 1.807) is 6.08 Å². The maximum Gasteiger partial charge on any atom is 0.0192 e. The van der Waals surface area contributed by atoms with Crippen molar-refractivity contribution in [3.8, 4) is 0 Å². The largest absolute Gasteiger partial charge is 0.391 e. The molecule has 0 aliphatic heterocycles. The molecule has 1 aliphatic rings. The Morgan fingerprint density at radius 3 is 2.89 bits per heavy atom. The summed E-state index contributed by atoms with van der Waals surface area (Å²) in [6.45, 7) is 1.09. The quantitative estimate of drug-likeness (QED) is 0.542. The van der Waals surface area contributed by atoms with Crippen molar-refractivity contribution in [1.82, 2.24) is 5.32 Å². The fourth-order valence-corrected chi connectivity index (χ4v) is 0.673. The molecule has 0 saturated heterocycles. The zero-order valence-corrected chi connectivity index (χ0v) is 5.43. The van der Waals surface area contributed by atoms with E-state index < -0.39 is 0 Å². The Labute approximate surface area is 55.5 Å². The molecule has 0 unspecified atom stereocenters. The zero-order valence-electron chi connectivity index (χ0n) is 5.43. The average molecular weight is 124 g/mol. The molecule has 0 radical (unpaired) electrons. The molecule has 0 spiro atoms. The molecule has 0 amide bonds. The molecule has 0 aromatic carbocycles. The van der Waals surface area contributed by atoms with Crippen molar-refractivity contribution in [2.24, 2.45) is 5.92 Å². The fraction of sp³-hybridized carbons (Fsp3) is 0.571. The van der Waals surface area contributed by atoms with Crippen molar-refractivity contribution < 1.29 is 0 Å². The van der Waals surface area contributed by atoms with Crippen LogP contribution in [0.25, 0.3) is 0 Å². The molecule has 2 nitrogen and oxygen atoms in total. The molecule has 1 saturated carbocycles. The van der Waals surface area contributed by atoms with Gasteiger partial charge in [-0.15, -0.1) is 0 Å².